The van der Waals surface area contributed by atoms with Crippen LogP contribution in [0.4, 0.5) is 0 Å². The molecule has 0 spiro atoms. The highest BCUT2D eigenvalue weighted by atomic mass is 16.8. The van der Waals surface area contributed by atoms with Gasteiger partial charge < -0.3 is 14.2 Å². The number of rotatable bonds is 4. The van der Waals surface area contributed by atoms with E-state index in [1.165, 1.54) is 0 Å². The van der Waals surface area contributed by atoms with Gasteiger partial charge in [-0.3, -0.25) is 0 Å². The maximum atomic E-state index is 6.43. The van der Waals surface area contributed by atoms with Gasteiger partial charge in [0.1, 0.15) is 0 Å². The van der Waals surface area contributed by atoms with E-state index in [0.29, 0.717) is 0 Å². The van der Waals surface area contributed by atoms with E-state index in [1.54, 1.807) is 0 Å². The maximum Gasteiger partial charge on any atom is 0.200 e. The predicted octanol–water partition coefficient (Wildman–Crippen LogP) is 3.55. The molecular weight excluding hydrogens is 264 g/mol. The lowest BCUT2D eigenvalue weighted by atomic mass is 9.94. The lowest BCUT2D eigenvalue weighted by Crippen LogP contribution is -2.54. The van der Waals surface area contributed by atoms with Gasteiger partial charge >= 0.3 is 0 Å². The minimum Gasteiger partial charge on any atom is -0.345 e. The fourth-order valence-electron chi connectivity index (χ4n) is 2.96. The zero-order valence-electron chi connectivity index (χ0n) is 11.8. The highest BCUT2D eigenvalue weighted by molar-refractivity contribution is 5.25. The van der Waals surface area contributed by atoms with Crippen molar-refractivity contribution in [1.82, 2.24) is 0 Å². The van der Waals surface area contributed by atoms with E-state index in [4.69, 9.17) is 14.2 Å². The van der Waals surface area contributed by atoms with Crippen molar-refractivity contribution in [3.8, 4) is 0 Å². The van der Waals surface area contributed by atoms with Crippen LogP contribution in [0.2, 0.25) is 0 Å². The van der Waals surface area contributed by atoms with E-state index in [-0.39, 0.29) is 0 Å². The number of benzene rings is 2. The second-order valence-corrected chi connectivity index (χ2v) is 5.54. The van der Waals surface area contributed by atoms with E-state index >= 15 is 0 Å². The van der Waals surface area contributed by atoms with Crippen LogP contribution in [-0.4, -0.2) is 13.2 Å². The molecule has 2 atom stereocenters. The molecule has 0 saturated carbocycles. The van der Waals surface area contributed by atoms with E-state index in [1.807, 2.05) is 36.4 Å². The Hall–Kier alpha value is -1.68. The van der Waals surface area contributed by atoms with Gasteiger partial charge in [0.25, 0.3) is 0 Å². The van der Waals surface area contributed by atoms with Gasteiger partial charge in [-0.15, -0.1) is 0 Å². The second kappa shape index (κ2) is 4.95. The quantitative estimate of drug-likeness (QED) is 0.858. The molecule has 2 heterocycles. The number of hydrogen-bond donors (Lipinski definition) is 0. The van der Waals surface area contributed by atoms with Crippen molar-refractivity contribution in [3.63, 3.8) is 0 Å². The monoisotopic (exact) mass is 282 g/mol. The molecule has 0 aliphatic carbocycles. The van der Waals surface area contributed by atoms with Crippen molar-refractivity contribution in [2.45, 2.75) is 24.4 Å². The molecule has 3 nitrogen and oxygen atoms in total. The van der Waals surface area contributed by atoms with Crippen LogP contribution in [0.1, 0.15) is 24.0 Å². The molecule has 2 fully saturated rings. The van der Waals surface area contributed by atoms with Crippen LogP contribution in [0.25, 0.3) is 0 Å². The summed E-state index contributed by atoms with van der Waals surface area (Å²) in [7, 11) is 0. The van der Waals surface area contributed by atoms with Gasteiger partial charge in [-0.05, 0) is 0 Å². The molecule has 4 rings (SSSR count). The average molecular weight is 282 g/mol. The molecule has 2 aliphatic rings. The molecule has 0 bridgehead atoms. The molecule has 2 aliphatic heterocycles. The zero-order valence-corrected chi connectivity index (χ0v) is 11.8. The molecule has 3 heteroatoms. The normalized spacial score (nSPS) is 31.2. The summed E-state index contributed by atoms with van der Waals surface area (Å²) in [5.41, 5.74) is 2.11. The minimum atomic E-state index is -0.669. The van der Waals surface area contributed by atoms with Gasteiger partial charge in [0.05, 0.1) is 13.2 Å². The van der Waals surface area contributed by atoms with Gasteiger partial charge in [-0.2, -0.15) is 0 Å². The fraction of sp³-hybridized carbons (Fsp3) is 0.333. The van der Waals surface area contributed by atoms with Crippen LogP contribution < -0.4 is 0 Å². The number of hydrogen-bond acceptors (Lipinski definition) is 3. The van der Waals surface area contributed by atoms with Crippen LogP contribution in [-0.2, 0) is 25.8 Å². The van der Waals surface area contributed by atoms with Crippen LogP contribution in [0.15, 0.2) is 60.7 Å². The van der Waals surface area contributed by atoms with Crippen molar-refractivity contribution in [2.24, 2.45) is 0 Å². The molecule has 108 valence electrons. The summed E-state index contributed by atoms with van der Waals surface area (Å²) in [4.78, 5) is 0. The van der Waals surface area contributed by atoms with Gasteiger partial charge in [0, 0.05) is 24.0 Å². The first-order valence-electron chi connectivity index (χ1n) is 7.42. The largest absolute Gasteiger partial charge is 0.345 e. The van der Waals surface area contributed by atoms with Crippen molar-refractivity contribution < 1.29 is 14.2 Å². The molecule has 2 unspecified atom stereocenters. The molecule has 0 aromatic heterocycles. The highest BCUT2D eigenvalue weighted by Crippen LogP contribution is 2.49. The molecule has 0 radical (unpaired) electrons. The third kappa shape index (κ3) is 2.09. The summed E-state index contributed by atoms with van der Waals surface area (Å²) in [6, 6.07) is 20.3. The summed E-state index contributed by atoms with van der Waals surface area (Å²) in [5, 5.41) is 0. The topological polar surface area (TPSA) is 27.7 Å². The van der Waals surface area contributed by atoms with Crippen molar-refractivity contribution in [2.75, 3.05) is 13.2 Å². The molecule has 2 aromatic rings. The Labute approximate surface area is 124 Å². The standard InChI is InChI=1S/C18H18O3/c1-3-7-15(8-4-1)17(11-13-19-17)21-18(12-14-20-18)16-9-5-2-6-10-16/h1-10H,11-14H2. The Bertz CT molecular complexity index is 545. The van der Waals surface area contributed by atoms with Gasteiger partial charge in [-0.25, -0.2) is 0 Å². The molecule has 0 N–H and O–H groups in total. The number of ether oxygens (including phenoxy) is 3. The third-order valence-corrected chi connectivity index (χ3v) is 4.29. The van der Waals surface area contributed by atoms with Crippen molar-refractivity contribution in [1.29, 1.82) is 0 Å². The summed E-state index contributed by atoms with van der Waals surface area (Å²) in [6.07, 6.45) is 1.71. The molecule has 0 amide bonds. The summed E-state index contributed by atoms with van der Waals surface area (Å²) in [5.74, 6) is -1.34. The lowest BCUT2D eigenvalue weighted by Gasteiger charge is -2.51. The molecule has 21 heavy (non-hydrogen) atoms. The van der Waals surface area contributed by atoms with Crippen LogP contribution in [0, 0.1) is 0 Å². The van der Waals surface area contributed by atoms with E-state index < -0.39 is 11.6 Å². The Kier molecular flexibility index (Phi) is 3.07. The Morgan fingerprint density at radius 1 is 0.667 bits per heavy atom. The molecular formula is C18H18O3. The predicted molar refractivity (Wildman–Crippen MR) is 78.5 cm³/mol. The lowest BCUT2D eigenvalue weighted by molar-refractivity contribution is -0.445. The summed E-state index contributed by atoms with van der Waals surface area (Å²) in [6.45, 7) is 1.44. The molecule has 2 aromatic carbocycles. The first kappa shape index (κ1) is 13.0. The van der Waals surface area contributed by atoms with Gasteiger partial charge in [0.15, 0.2) is 0 Å². The van der Waals surface area contributed by atoms with E-state index in [2.05, 4.69) is 24.3 Å². The highest BCUT2D eigenvalue weighted by Gasteiger charge is 2.52. The Morgan fingerprint density at radius 3 is 1.33 bits per heavy atom. The van der Waals surface area contributed by atoms with E-state index in [9.17, 15) is 0 Å². The van der Waals surface area contributed by atoms with Crippen LogP contribution in [0.3, 0.4) is 0 Å². The Balaban J connectivity index is 1.67. The Morgan fingerprint density at radius 2 is 1.05 bits per heavy atom. The van der Waals surface area contributed by atoms with Crippen LogP contribution in [0.5, 0.6) is 0 Å². The smallest absolute Gasteiger partial charge is 0.200 e. The van der Waals surface area contributed by atoms with Crippen LogP contribution >= 0.6 is 0 Å². The second-order valence-electron chi connectivity index (χ2n) is 5.54. The van der Waals surface area contributed by atoms with Gasteiger partial charge in [-0.1, -0.05) is 60.7 Å². The van der Waals surface area contributed by atoms with Gasteiger partial charge in [0.2, 0.25) is 11.6 Å². The summed E-state index contributed by atoms with van der Waals surface area (Å²) < 4.78 is 18.1. The average Bonchev–Trinajstić information content (AvgIpc) is 2.47. The molecule has 2 saturated heterocycles. The minimum absolute atomic E-state index is 0.669. The first-order chi connectivity index (χ1) is 10.3. The summed E-state index contributed by atoms with van der Waals surface area (Å²) >= 11 is 0. The zero-order chi connectivity index (χ0) is 14.2. The van der Waals surface area contributed by atoms with E-state index in [0.717, 1.165) is 37.2 Å². The fourth-order valence-corrected chi connectivity index (χ4v) is 2.96. The third-order valence-electron chi connectivity index (χ3n) is 4.29. The maximum absolute atomic E-state index is 6.43. The SMILES string of the molecule is c1ccc(C2(OC3(c4ccccc4)CCO3)CCO2)cc1. The van der Waals surface area contributed by atoms with Crippen molar-refractivity contribution in [3.05, 3.63) is 71.8 Å². The first-order valence-corrected chi connectivity index (χ1v) is 7.42. The van der Waals surface area contributed by atoms with Crippen molar-refractivity contribution >= 4 is 0 Å².